The highest BCUT2D eigenvalue weighted by Crippen LogP contribution is 2.28. The molecule has 0 bridgehead atoms. The lowest BCUT2D eigenvalue weighted by Crippen LogP contribution is -2.50. The molecule has 1 rings (SSSR count). The lowest BCUT2D eigenvalue weighted by molar-refractivity contribution is -0.256. The Morgan fingerprint density at radius 3 is 2.56 bits per heavy atom. The van der Waals surface area contributed by atoms with Crippen LogP contribution in [0, 0.1) is 0 Å². The Morgan fingerprint density at radius 1 is 1.56 bits per heavy atom. The molecule has 0 unspecified atom stereocenters. The van der Waals surface area contributed by atoms with Crippen LogP contribution in [-0.4, -0.2) is 50.9 Å². The second-order valence-electron chi connectivity index (χ2n) is 3.44. The minimum atomic E-state index is -2.68. The lowest BCUT2D eigenvalue weighted by Gasteiger charge is -2.29. The maximum Gasteiger partial charge on any atom is 0.378 e. The van der Waals surface area contributed by atoms with Gasteiger partial charge in [0, 0.05) is 6.08 Å². The van der Waals surface area contributed by atoms with Crippen LogP contribution in [0.5, 0.6) is 0 Å². The number of esters is 2. The minimum absolute atomic E-state index is 0.942. The SMILES string of the molecule is C/C=C/C(=O)O[C@](O)(CO)[C@H]1OC(=O)C(O)=C1O. The van der Waals surface area contributed by atoms with Crippen molar-refractivity contribution in [1.29, 1.82) is 0 Å². The van der Waals surface area contributed by atoms with Crippen LogP contribution < -0.4 is 0 Å². The van der Waals surface area contributed by atoms with Gasteiger partial charge >= 0.3 is 11.9 Å². The van der Waals surface area contributed by atoms with Gasteiger partial charge in [-0.15, -0.1) is 0 Å². The number of carbonyl (C=O) groups is 2. The highest BCUT2D eigenvalue weighted by Gasteiger charge is 2.51. The molecule has 2 atom stereocenters. The molecule has 0 fully saturated rings. The molecule has 100 valence electrons. The predicted molar refractivity (Wildman–Crippen MR) is 55.1 cm³/mol. The number of aliphatic hydroxyl groups is 4. The molecule has 8 heteroatoms. The molecule has 0 saturated heterocycles. The van der Waals surface area contributed by atoms with E-state index in [1.807, 2.05) is 0 Å². The van der Waals surface area contributed by atoms with Crippen molar-refractivity contribution in [2.45, 2.75) is 18.8 Å². The maximum absolute atomic E-state index is 11.2. The minimum Gasteiger partial charge on any atom is -0.505 e. The van der Waals surface area contributed by atoms with Gasteiger partial charge in [-0.25, -0.2) is 9.59 Å². The van der Waals surface area contributed by atoms with Crippen molar-refractivity contribution >= 4 is 11.9 Å². The van der Waals surface area contributed by atoms with Crippen LogP contribution in [-0.2, 0) is 19.1 Å². The Kier molecular flexibility index (Phi) is 3.94. The second kappa shape index (κ2) is 5.07. The van der Waals surface area contributed by atoms with Crippen molar-refractivity contribution in [2.24, 2.45) is 0 Å². The van der Waals surface area contributed by atoms with Crippen LogP contribution >= 0.6 is 0 Å². The summed E-state index contributed by atoms with van der Waals surface area (Å²) in [6.45, 7) is 0.365. The summed E-state index contributed by atoms with van der Waals surface area (Å²) < 4.78 is 8.87. The summed E-state index contributed by atoms with van der Waals surface area (Å²) >= 11 is 0. The van der Waals surface area contributed by atoms with E-state index in [2.05, 4.69) is 9.47 Å². The van der Waals surface area contributed by atoms with Gasteiger partial charge in [0.2, 0.25) is 11.9 Å². The summed E-state index contributed by atoms with van der Waals surface area (Å²) in [6, 6.07) is 0. The number of hydrogen-bond acceptors (Lipinski definition) is 8. The van der Waals surface area contributed by atoms with E-state index < -0.39 is 42.0 Å². The van der Waals surface area contributed by atoms with Crippen LogP contribution in [0.3, 0.4) is 0 Å². The van der Waals surface area contributed by atoms with Gasteiger partial charge < -0.3 is 29.9 Å². The van der Waals surface area contributed by atoms with Gasteiger partial charge in [-0.1, -0.05) is 6.08 Å². The Balaban J connectivity index is 2.96. The first kappa shape index (κ1) is 14.0. The third-order valence-electron chi connectivity index (χ3n) is 2.13. The number of rotatable bonds is 4. The fraction of sp³-hybridized carbons (Fsp3) is 0.400. The zero-order chi connectivity index (χ0) is 13.9. The molecule has 0 aliphatic carbocycles. The van der Waals surface area contributed by atoms with Gasteiger partial charge in [0.25, 0.3) is 5.79 Å². The van der Waals surface area contributed by atoms with E-state index in [-0.39, 0.29) is 0 Å². The number of carbonyl (C=O) groups excluding carboxylic acids is 2. The van der Waals surface area contributed by atoms with E-state index >= 15 is 0 Å². The fourth-order valence-electron chi connectivity index (χ4n) is 1.27. The molecule has 0 spiro atoms. The summed E-state index contributed by atoms with van der Waals surface area (Å²) in [5.41, 5.74) is 0. The molecule has 8 nitrogen and oxygen atoms in total. The molecule has 0 aromatic rings. The van der Waals surface area contributed by atoms with Crippen molar-refractivity contribution in [3.8, 4) is 0 Å². The van der Waals surface area contributed by atoms with E-state index in [1.165, 1.54) is 13.0 Å². The fourth-order valence-corrected chi connectivity index (χ4v) is 1.27. The average Bonchev–Trinajstić information content (AvgIpc) is 2.57. The number of ether oxygens (including phenoxy) is 2. The number of hydrogen-bond donors (Lipinski definition) is 4. The zero-order valence-electron chi connectivity index (χ0n) is 9.36. The standard InChI is InChI=1S/C10H12O8/c1-2-3-5(12)18-10(16,4-11)8-6(13)7(14)9(15)17-8/h2-3,8,11,13-14,16H,4H2,1H3/b3-2+/t8-,10+/m0/s1. The molecule has 1 aliphatic rings. The van der Waals surface area contributed by atoms with E-state index in [1.54, 1.807) is 0 Å². The third-order valence-corrected chi connectivity index (χ3v) is 2.13. The second-order valence-corrected chi connectivity index (χ2v) is 3.44. The molecule has 0 saturated carbocycles. The van der Waals surface area contributed by atoms with Crippen LogP contribution in [0.25, 0.3) is 0 Å². The third kappa shape index (κ3) is 2.44. The molecule has 1 aliphatic heterocycles. The topological polar surface area (TPSA) is 134 Å². The summed E-state index contributed by atoms with van der Waals surface area (Å²) in [5, 5.41) is 37.2. The molecule has 0 amide bonds. The van der Waals surface area contributed by atoms with Crippen molar-refractivity contribution in [3.05, 3.63) is 23.7 Å². The van der Waals surface area contributed by atoms with E-state index in [9.17, 15) is 19.8 Å². The van der Waals surface area contributed by atoms with Gasteiger partial charge in [0.1, 0.15) is 6.61 Å². The van der Waals surface area contributed by atoms with Crippen molar-refractivity contribution in [2.75, 3.05) is 6.61 Å². The smallest absolute Gasteiger partial charge is 0.378 e. The molecular formula is C10H12O8. The van der Waals surface area contributed by atoms with Gasteiger partial charge in [-0.05, 0) is 6.92 Å². The molecule has 0 aromatic carbocycles. The largest absolute Gasteiger partial charge is 0.505 e. The molecular weight excluding hydrogens is 248 g/mol. The first-order valence-corrected chi connectivity index (χ1v) is 4.87. The van der Waals surface area contributed by atoms with E-state index in [0.29, 0.717) is 0 Å². The summed E-state index contributed by atoms with van der Waals surface area (Å²) in [6.07, 6.45) is 0.371. The highest BCUT2D eigenvalue weighted by atomic mass is 16.7. The molecule has 0 aromatic heterocycles. The normalized spacial score (nSPS) is 23.1. The Morgan fingerprint density at radius 2 is 2.17 bits per heavy atom. The lowest BCUT2D eigenvalue weighted by atomic mass is 10.1. The number of cyclic esters (lactones) is 1. The first-order valence-electron chi connectivity index (χ1n) is 4.87. The van der Waals surface area contributed by atoms with E-state index in [4.69, 9.17) is 10.2 Å². The molecule has 18 heavy (non-hydrogen) atoms. The van der Waals surface area contributed by atoms with Gasteiger partial charge in [-0.3, -0.25) is 0 Å². The zero-order valence-corrected chi connectivity index (χ0v) is 9.36. The van der Waals surface area contributed by atoms with E-state index in [0.717, 1.165) is 6.08 Å². The summed E-state index contributed by atoms with van der Waals surface area (Å²) in [5.74, 6) is -7.14. The van der Waals surface area contributed by atoms with Gasteiger partial charge in [0.05, 0.1) is 0 Å². The van der Waals surface area contributed by atoms with Crippen LogP contribution in [0.15, 0.2) is 23.7 Å². The molecule has 1 heterocycles. The number of allylic oxidation sites excluding steroid dienone is 1. The Bertz CT molecular complexity index is 424. The average molecular weight is 260 g/mol. The number of aliphatic hydroxyl groups excluding tert-OH is 3. The monoisotopic (exact) mass is 260 g/mol. The highest BCUT2D eigenvalue weighted by molar-refractivity contribution is 5.89. The Hall–Kier alpha value is -2.06. The molecule has 4 N–H and O–H groups in total. The summed E-state index contributed by atoms with van der Waals surface area (Å²) in [4.78, 5) is 22.1. The maximum atomic E-state index is 11.2. The first-order chi connectivity index (χ1) is 8.35. The van der Waals surface area contributed by atoms with Crippen molar-refractivity contribution in [1.82, 2.24) is 0 Å². The van der Waals surface area contributed by atoms with Gasteiger partial charge in [0.15, 0.2) is 5.76 Å². The van der Waals surface area contributed by atoms with Gasteiger partial charge in [-0.2, -0.15) is 0 Å². The van der Waals surface area contributed by atoms with Crippen LogP contribution in [0.2, 0.25) is 0 Å². The summed E-state index contributed by atoms with van der Waals surface area (Å²) in [7, 11) is 0. The van der Waals surface area contributed by atoms with Crippen LogP contribution in [0.4, 0.5) is 0 Å². The predicted octanol–water partition coefficient (Wildman–Crippen LogP) is -0.960. The van der Waals surface area contributed by atoms with Crippen LogP contribution in [0.1, 0.15) is 6.92 Å². The van der Waals surface area contributed by atoms with Crippen molar-refractivity contribution in [3.63, 3.8) is 0 Å². The molecule has 0 radical (unpaired) electrons. The van der Waals surface area contributed by atoms with Crippen molar-refractivity contribution < 1.29 is 39.5 Å². The Labute approximate surface area is 101 Å². The quantitative estimate of drug-likeness (QED) is 0.288.